The summed E-state index contributed by atoms with van der Waals surface area (Å²) in [5.41, 5.74) is 1.77. The average molecular weight is 262 g/mol. The van der Waals surface area contributed by atoms with Crippen LogP contribution in [0.3, 0.4) is 0 Å². The Bertz CT molecular complexity index is 604. The highest BCUT2D eigenvalue weighted by molar-refractivity contribution is 5.92. The molecule has 2 aromatic rings. The van der Waals surface area contributed by atoms with Gasteiger partial charge in [-0.05, 0) is 24.6 Å². The third kappa shape index (κ3) is 2.46. The van der Waals surface area contributed by atoms with Gasteiger partial charge in [-0.15, -0.1) is 0 Å². The second kappa shape index (κ2) is 5.40. The van der Waals surface area contributed by atoms with E-state index in [9.17, 15) is 9.90 Å². The van der Waals surface area contributed by atoms with Gasteiger partial charge >= 0.3 is 5.97 Å². The van der Waals surface area contributed by atoms with Gasteiger partial charge < -0.3 is 14.8 Å². The zero-order valence-corrected chi connectivity index (χ0v) is 11.1. The van der Waals surface area contributed by atoms with Gasteiger partial charge in [0.2, 0.25) is 0 Å². The Balaban J connectivity index is 2.61. The van der Waals surface area contributed by atoms with Gasteiger partial charge in [-0.2, -0.15) is 0 Å². The molecule has 0 aliphatic rings. The number of hydrogen-bond acceptors (Lipinski definition) is 3. The first-order chi connectivity index (χ1) is 9.08. The molecule has 1 unspecified atom stereocenters. The summed E-state index contributed by atoms with van der Waals surface area (Å²) < 4.78 is 1.97. The van der Waals surface area contributed by atoms with Gasteiger partial charge in [0.25, 0.3) is 0 Å². The van der Waals surface area contributed by atoms with Crippen molar-refractivity contribution in [1.82, 2.24) is 9.55 Å². The van der Waals surface area contributed by atoms with E-state index in [1.807, 2.05) is 4.57 Å². The van der Waals surface area contributed by atoms with Crippen LogP contribution < -0.4 is 0 Å². The lowest BCUT2D eigenvalue weighted by atomic mass is 10.1. The van der Waals surface area contributed by atoms with E-state index in [0.29, 0.717) is 12.1 Å². The summed E-state index contributed by atoms with van der Waals surface area (Å²) in [4.78, 5) is 15.5. The summed E-state index contributed by atoms with van der Waals surface area (Å²) >= 11 is 0. The van der Waals surface area contributed by atoms with E-state index in [0.717, 1.165) is 17.8 Å². The first kappa shape index (κ1) is 13.5. The lowest BCUT2D eigenvalue weighted by Crippen LogP contribution is -2.09. The molecule has 1 heterocycles. The smallest absolute Gasteiger partial charge is 0.335 e. The quantitative estimate of drug-likeness (QED) is 0.866. The summed E-state index contributed by atoms with van der Waals surface area (Å²) in [5.74, 6) is 0.213. The summed E-state index contributed by atoms with van der Waals surface area (Å²) in [6, 6.07) is 4.91. The van der Waals surface area contributed by atoms with E-state index < -0.39 is 5.97 Å². The maximum atomic E-state index is 11.0. The molecule has 19 heavy (non-hydrogen) atoms. The van der Waals surface area contributed by atoms with E-state index in [1.54, 1.807) is 18.2 Å². The van der Waals surface area contributed by atoms with Crippen molar-refractivity contribution in [2.75, 3.05) is 6.61 Å². The highest BCUT2D eigenvalue weighted by atomic mass is 16.4. The molecule has 5 nitrogen and oxygen atoms in total. The number of benzene rings is 1. The Morgan fingerprint density at radius 3 is 2.79 bits per heavy atom. The predicted molar refractivity (Wildman–Crippen MR) is 72.5 cm³/mol. The van der Waals surface area contributed by atoms with Crippen molar-refractivity contribution in [3.8, 4) is 0 Å². The zero-order valence-electron chi connectivity index (χ0n) is 11.1. The summed E-state index contributed by atoms with van der Waals surface area (Å²) in [7, 11) is 0. The van der Waals surface area contributed by atoms with E-state index in [1.165, 1.54) is 0 Å². The van der Waals surface area contributed by atoms with Gasteiger partial charge in [0, 0.05) is 12.5 Å². The van der Waals surface area contributed by atoms with Crippen LogP contribution in [-0.2, 0) is 6.54 Å². The lowest BCUT2D eigenvalue weighted by molar-refractivity contribution is 0.0697. The van der Waals surface area contributed by atoms with Gasteiger partial charge in [0.05, 0.1) is 23.2 Å². The Kier molecular flexibility index (Phi) is 3.85. The Morgan fingerprint density at radius 2 is 2.21 bits per heavy atom. The fraction of sp³-hybridized carbons (Fsp3) is 0.429. The van der Waals surface area contributed by atoms with Crippen molar-refractivity contribution >= 4 is 17.0 Å². The predicted octanol–water partition coefficient (Wildman–Crippen LogP) is 2.24. The number of carboxylic acids is 1. The number of aliphatic hydroxyl groups excluding tert-OH is 1. The molecule has 0 aliphatic carbocycles. The van der Waals surface area contributed by atoms with Gasteiger partial charge in [0.1, 0.15) is 5.82 Å². The SMILES string of the molecule is CCC(C)c1nc2cc(C(=O)O)ccc2n1CCO. The number of aromatic carboxylic acids is 1. The van der Waals surface area contributed by atoms with Crippen molar-refractivity contribution in [3.63, 3.8) is 0 Å². The van der Waals surface area contributed by atoms with Crippen LogP contribution in [0.2, 0.25) is 0 Å². The first-order valence-electron chi connectivity index (χ1n) is 6.42. The minimum Gasteiger partial charge on any atom is -0.478 e. The molecule has 0 saturated heterocycles. The third-order valence-corrected chi connectivity index (χ3v) is 3.40. The summed E-state index contributed by atoms with van der Waals surface area (Å²) in [5, 5.41) is 18.2. The van der Waals surface area contributed by atoms with Crippen LogP contribution >= 0.6 is 0 Å². The molecule has 0 fully saturated rings. The average Bonchev–Trinajstić information content (AvgIpc) is 2.76. The molecule has 0 aliphatic heterocycles. The number of hydrogen-bond donors (Lipinski definition) is 2. The van der Waals surface area contributed by atoms with Crippen molar-refractivity contribution in [1.29, 1.82) is 0 Å². The standard InChI is InChI=1S/C14H18N2O3/c1-3-9(2)13-15-11-8-10(14(18)19)4-5-12(11)16(13)6-7-17/h4-5,8-9,17H,3,6-7H2,1-2H3,(H,18,19). The van der Waals surface area contributed by atoms with Crippen LogP contribution in [0, 0.1) is 0 Å². The monoisotopic (exact) mass is 262 g/mol. The van der Waals surface area contributed by atoms with Crippen LogP contribution in [0.1, 0.15) is 42.4 Å². The highest BCUT2D eigenvalue weighted by Gasteiger charge is 2.16. The van der Waals surface area contributed by atoms with Crippen molar-refractivity contribution in [2.45, 2.75) is 32.7 Å². The first-order valence-corrected chi connectivity index (χ1v) is 6.42. The van der Waals surface area contributed by atoms with Gasteiger partial charge in [-0.1, -0.05) is 13.8 Å². The number of carbonyl (C=O) groups is 1. The molecular formula is C14H18N2O3. The number of nitrogens with zero attached hydrogens (tertiary/aromatic N) is 2. The van der Waals surface area contributed by atoms with Gasteiger partial charge in [-0.3, -0.25) is 0 Å². The Morgan fingerprint density at radius 1 is 1.47 bits per heavy atom. The van der Waals surface area contributed by atoms with E-state index in [2.05, 4.69) is 18.8 Å². The van der Waals surface area contributed by atoms with Gasteiger partial charge in [-0.25, -0.2) is 9.78 Å². The van der Waals surface area contributed by atoms with Crippen LogP contribution in [0.5, 0.6) is 0 Å². The number of rotatable bonds is 5. The van der Waals surface area contributed by atoms with Gasteiger partial charge in [0.15, 0.2) is 0 Å². The fourth-order valence-electron chi connectivity index (χ4n) is 2.18. The normalized spacial score (nSPS) is 12.8. The molecule has 0 bridgehead atoms. The molecule has 1 atom stereocenters. The van der Waals surface area contributed by atoms with E-state index in [4.69, 9.17) is 5.11 Å². The van der Waals surface area contributed by atoms with Crippen molar-refractivity contribution in [2.24, 2.45) is 0 Å². The second-order valence-electron chi connectivity index (χ2n) is 4.66. The molecule has 102 valence electrons. The van der Waals surface area contributed by atoms with Crippen LogP contribution in [-0.4, -0.2) is 32.3 Å². The maximum absolute atomic E-state index is 11.0. The molecule has 0 spiro atoms. The molecule has 1 aromatic carbocycles. The molecule has 1 aromatic heterocycles. The topological polar surface area (TPSA) is 75.3 Å². The van der Waals surface area contributed by atoms with Crippen LogP contribution in [0.4, 0.5) is 0 Å². The maximum Gasteiger partial charge on any atom is 0.335 e. The molecule has 2 rings (SSSR count). The van der Waals surface area contributed by atoms with Crippen LogP contribution in [0.15, 0.2) is 18.2 Å². The van der Waals surface area contributed by atoms with Crippen molar-refractivity contribution in [3.05, 3.63) is 29.6 Å². The highest BCUT2D eigenvalue weighted by Crippen LogP contribution is 2.24. The second-order valence-corrected chi connectivity index (χ2v) is 4.66. The lowest BCUT2D eigenvalue weighted by Gasteiger charge is -2.11. The minimum absolute atomic E-state index is 0.0373. The molecule has 0 saturated carbocycles. The summed E-state index contributed by atoms with van der Waals surface area (Å²) in [6.07, 6.45) is 0.945. The molecular weight excluding hydrogens is 244 g/mol. The summed E-state index contributed by atoms with van der Waals surface area (Å²) in [6.45, 7) is 4.67. The number of carboxylic acid groups (broad SMARTS) is 1. The van der Waals surface area contributed by atoms with E-state index in [-0.39, 0.29) is 18.1 Å². The molecule has 5 heteroatoms. The minimum atomic E-state index is -0.955. The third-order valence-electron chi connectivity index (χ3n) is 3.40. The number of aromatic nitrogens is 2. The largest absolute Gasteiger partial charge is 0.478 e. The Labute approximate surface area is 111 Å². The molecule has 0 radical (unpaired) electrons. The number of fused-ring (bicyclic) bond motifs is 1. The van der Waals surface area contributed by atoms with Crippen molar-refractivity contribution < 1.29 is 15.0 Å². The Hall–Kier alpha value is -1.88. The molecule has 2 N–H and O–H groups in total. The van der Waals surface area contributed by atoms with E-state index >= 15 is 0 Å². The number of aliphatic hydroxyl groups is 1. The fourth-order valence-corrected chi connectivity index (χ4v) is 2.18. The molecule has 0 amide bonds. The number of imidazole rings is 1. The zero-order chi connectivity index (χ0) is 14.0. The van der Waals surface area contributed by atoms with Crippen LogP contribution in [0.25, 0.3) is 11.0 Å².